The second kappa shape index (κ2) is 9.26. The van der Waals surface area contributed by atoms with Gasteiger partial charge in [-0.05, 0) is 49.2 Å². The third-order valence-corrected chi connectivity index (χ3v) is 5.97. The molecule has 1 aliphatic rings. The minimum absolute atomic E-state index is 0.0772. The van der Waals surface area contributed by atoms with E-state index in [1.165, 1.54) is 27.8 Å². The summed E-state index contributed by atoms with van der Waals surface area (Å²) in [5, 5.41) is 0. The van der Waals surface area contributed by atoms with Gasteiger partial charge in [-0.2, -0.15) is 0 Å². The second-order valence-electron chi connectivity index (χ2n) is 6.58. The van der Waals surface area contributed by atoms with E-state index in [0.29, 0.717) is 22.4 Å². The van der Waals surface area contributed by atoms with E-state index in [2.05, 4.69) is 26.0 Å². The van der Waals surface area contributed by atoms with Crippen molar-refractivity contribution in [3.8, 4) is 11.5 Å². The number of hydrogen-bond acceptors (Lipinski definition) is 5. The molecule has 1 heterocycles. The van der Waals surface area contributed by atoms with Gasteiger partial charge in [-0.25, -0.2) is 0 Å². The van der Waals surface area contributed by atoms with Gasteiger partial charge in [0.25, 0.3) is 5.91 Å². The van der Waals surface area contributed by atoms with E-state index in [4.69, 9.17) is 21.7 Å². The summed E-state index contributed by atoms with van der Waals surface area (Å²) in [5.41, 5.74) is 3.35. The predicted octanol–water partition coefficient (Wildman–Crippen LogP) is 4.98. The SMILES string of the molecule is Cc1ccc(OCCCOc2ccccc2/C=C2\SC(=S)N(C)C2=O)cc1C. The van der Waals surface area contributed by atoms with Crippen LogP contribution in [0.3, 0.4) is 0 Å². The third-order valence-electron chi connectivity index (χ3n) is 4.49. The molecule has 0 atom stereocenters. The Hall–Kier alpha value is -2.31. The summed E-state index contributed by atoms with van der Waals surface area (Å²) in [6.45, 7) is 5.28. The molecule has 3 rings (SSSR count). The van der Waals surface area contributed by atoms with E-state index in [0.717, 1.165) is 23.5 Å². The highest BCUT2D eigenvalue weighted by atomic mass is 32.2. The van der Waals surface area contributed by atoms with Crippen molar-refractivity contribution in [3.05, 3.63) is 64.1 Å². The summed E-state index contributed by atoms with van der Waals surface area (Å²) >= 11 is 6.49. The number of carbonyl (C=O) groups is 1. The second-order valence-corrected chi connectivity index (χ2v) is 8.25. The van der Waals surface area contributed by atoms with Gasteiger partial charge in [-0.15, -0.1) is 0 Å². The van der Waals surface area contributed by atoms with Gasteiger partial charge in [0.1, 0.15) is 15.8 Å². The number of amides is 1. The average Bonchev–Trinajstić information content (AvgIpc) is 2.92. The Bertz CT molecular complexity index is 924. The molecule has 146 valence electrons. The van der Waals surface area contributed by atoms with Crippen LogP contribution >= 0.6 is 24.0 Å². The minimum atomic E-state index is -0.0772. The van der Waals surface area contributed by atoms with Gasteiger partial charge < -0.3 is 9.47 Å². The number of carbonyl (C=O) groups excluding carboxylic acids is 1. The smallest absolute Gasteiger partial charge is 0.265 e. The highest BCUT2D eigenvalue weighted by Gasteiger charge is 2.28. The summed E-state index contributed by atoms with van der Waals surface area (Å²) < 4.78 is 12.3. The molecule has 28 heavy (non-hydrogen) atoms. The number of likely N-dealkylation sites (N-methyl/N-ethyl adjacent to an activating group) is 1. The molecule has 0 aliphatic carbocycles. The van der Waals surface area contributed by atoms with Crippen molar-refractivity contribution < 1.29 is 14.3 Å². The normalized spacial score (nSPS) is 15.4. The fourth-order valence-corrected chi connectivity index (χ4v) is 3.82. The van der Waals surface area contributed by atoms with Crippen molar-refractivity contribution in [1.29, 1.82) is 0 Å². The number of benzene rings is 2. The summed E-state index contributed by atoms with van der Waals surface area (Å²) in [6.07, 6.45) is 2.60. The van der Waals surface area contributed by atoms with Gasteiger partial charge in [-0.3, -0.25) is 9.69 Å². The van der Waals surface area contributed by atoms with Crippen LogP contribution in [-0.4, -0.2) is 35.4 Å². The fourth-order valence-electron chi connectivity index (χ4n) is 2.65. The molecule has 2 aromatic carbocycles. The Morgan fingerprint density at radius 1 is 1.07 bits per heavy atom. The first kappa shape index (κ1) is 20.4. The lowest BCUT2D eigenvalue weighted by Crippen LogP contribution is -2.22. The Balaban J connectivity index is 1.55. The quantitative estimate of drug-likeness (QED) is 0.364. The van der Waals surface area contributed by atoms with E-state index in [-0.39, 0.29) is 5.91 Å². The number of thiocarbonyl (C=S) groups is 1. The molecule has 0 N–H and O–H groups in total. The van der Waals surface area contributed by atoms with Crippen LogP contribution in [0.15, 0.2) is 47.4 Å². The molecule has 0 saturated carbocycles. The van der Waals surface area contributed by atoms with E-state index in [1.54, 1.807) is 7.05 Å². The Morgan fingerprint density at radius 2 is 1.82 bits per heavy atom. The van der Waals surface area contributed by atoms with Gasteiger partial charge in [0.15, 0.2) is 0 Å². The summed E-state index contributed by atoms with van der Waals surface area (Å²) in [5.74, 6) is 1.55. The molecular weight excluding hydrogens is 390 g/mol. The molecule has 0 spiro atoms. The summed E-state index contributed by atoms with van der Waals surface area (Å²) in [6, 6.07) is 13.8. The zero-order chi connectivity index (χ0) is 20.1. The molecule has 1 fully saturated rings. The van der Waals surface area contributed by atoms with Gasteiger partial charge in [-0.1, -0.05) is 48.2 Å². The Labute approximate surface area is 175 Å². The number of rotatable bonds is 7. The predicted molar refractivity (Wildman–Crippen MR) is 119 cm³/mol. The van der Waals surface area contributed by atoms with Crippen molar-refractivity contribution in [1.82, 2.24) is 4.90 Å². The van der Waals surface area contributed by atoms with Crippen LogP contribution in [0, 0.1) is 13.8 Å². The highest BCUT2D eigenvalue weighted by Crippen LogP contribution is 2.33. The maximum atomic E-state index is 12.2. The van der Waals surface area contributed by atoms with Crippen LogP contribution in [0.1, 0.15) is 23.1 Å². The summed E-state index contributed by atoms with van der Waals surface area (Å²) in [4.78, 5) is 14.3. The third kappa shape index (κ3) is 4.94. The molecule has 1 saturated heterocycles. The Kier molecular flexibility index (Phi) is 6.75. The molecule has 0 unspecified atom stereocenters. The first-order valence-corrected chi connectivity index (χ1v) is 10.3. The van der Waals surface area contributed by atoms with E-state index in [1.807, 2.05) is 36.4 Å². The molecular formula is C22H23NO3S2. The number of nitrogens with zero attached hydrogens (tertiary/aromatic N) is 1. The molecule has 4 nitrogen and oxygen atoms in total. The molecule has 1 aliphatic heterocycles. The summed E-state index contributed by atoms with van der Waals surface area (Å²) in [7, 11) is 1.69. The lowest BCUT2D eigenvalue weighted by molar-refractivity contribution is -0.121. The average molecular weight is 414 g/mol. The molecule has 0 bridgehead atoms. The van der Waals surface area contributed by atoms with Crippen molar-refractivity contribution in [2.45, 2.75) is 20.3 Å². The van der Waals surface area contributed by atoms with Crippen LogP contribution in [0.2, 0.25) is 0 Å². The lowest BCUT2D eigenvalue weighted by atomic mass is 10.1. The largest absolute Gasteiger partial charge is 0.493 e. The highest BCUT2D eigenvalue weighted by molar-refractivity contribution is 8.26. The van der Waals surface area contributed by atoms with Crippen LogP contribution < -0.4 is 9.47 Å². The first-order valence-electron chi connectivity index (χ1n) is 9.09. The number of hydrogen-bond donors (Lipinski definition) is 0. The topological polar surface area (TPSA) is 38.8 Å². The van der Waals surface area contributed by atoms with Gasteiger partial charge in [0.05, 0.1) is 18.1 Å². The van der Waals surface area contributed by atoms with Gasteiger partial charge in [0, 0.05) is 19.0 Å². The van der Waals surface area contributed by atoms with Crippen LogP contribution in [0.4, 0.5) is 0 Å². The van der Waals surface area contributed by atoms with Gasteiger partial charge >= 0.3 is 0 Å². The number of para-hydroxylation sites is 1. The first-order chi connectivity index (χ1) is 13.5. The molecule has 6 heteroatoms. The fraction of sp³-hybridized carbons (Fsp3) is 0.273. The van der Waals surface area contributed by atoms with Crippen molar-refractivity contribution in [3.63, 3.8) is 0 Å². The lowest BCUT2D eigenvalue weighted by Gasteiger charge is -2.11. The zero-order valence-electron chi connectivity index (χ0n) is 16.2. The Morgan fingerprint density at radius 3 is 2.54 bits per heavy atom. The van der Waals surface area contributed by atoms with E-state index < -0.39 is 0 Å². The molecule has 0 radical (unpaired) electrons. The monoisotopic (exact) mass is 413 g/mol. The zero-order valence-corrected chi connectivity index (χ0v) is 17.9. The maximum absolute atomic E-state index is 12.2. The van der Waals surface area contributed by atoms with Crippen molar-refractivity contribution in [2.75, 3.05) is 20.3 Å². The molecule has 2 aromatic rings. The van der Waals surface area contributed by atoms with Gasteiger partial charge in [0.2, 0.25) is 0 Å². The molecule has 1 amide bonds. The van der Waals surface area contributed by atoms with Crippen molar-refractivity contribution >= 4 is 40.3 Å². The van der Waals surface area contributed by atoms with Crippen LogP contribution in [0.25, 0.3) is 6.08 Å². The van der Waals surface area contributed by atoms with E-state index >= 15 is 0 Å². The maximum Gasteiger partial charge on any atom is 0.265 e. The van der Waals surface area contributed by atoms with Crippen LogP contribution in [0.5, 0.6) is 11.5 Å². The number of ether oxygens (including phenoxy) is 2. The van der Waals surface area contributed by atoms with Crippen molar-refractivity contribution in [2.24, 2.45) is 0 Å². The number of thioether (sulfide) groups is 1. The van der Waals surface area contributed by atoms with Crippen LogP contribution in [-0.2, 0) is 4.79 Å². The standard InChI is InChI=1S/C22H23NO3S2/c1-15-9-10-18(13-16(15)2)25-11-6-12-26-19-8-5-4-7-17(19)14-20-21(24)23(3)22(27)28-20/h4-5,7-10,13-14H,6,11-12H2,1-3H3/b20-14-. The number of aryl methyl sites for hydroxylation is 2. The molecule has 0 aromatic heterocycles. The minimum Gasteiger partial charge on any atom is -0.493 e. The van der Waals surface area contributed by atoms with E-state index in [9.17, 15) is 4.79 Å².